The summed E-state index contributed by atoms with van der Waals surface area (Å²) in [5.41, 5.74) is -0.121. The number of benzene rings is 1. The van der Waals surface area contributed by atoms with Crippen LogP contribution >= 0.6 is 0 Å². The molecule has 0 radical (unpaired) electrons. The fourth-order valence-corrected chi connectivity index (χ4v) is 4.29. The number of rotatable bonds is 4. The van der Waals surface area contributed by atoms with E-state index in [1.165, 1.54) is 0 Å². The zero-order valence-electron chi connectivity index (χ0n) is 17.3. The number of carbonyl (C=O) groups excluding carboxylic acids is 1. The zero-order valence-corrected chi connectivity index (χ0v) is 17.3. The van der Waals surface area contributed by atoms with Crippen molar-refractivity contribution in [1.82, 2.24) is 4.90 Å². The van der Waals surface area contributed by atoms with Gasteiger partial charge < -0.3 is 24.1 Å². The molecule has 0 aliphatic carbocycles. The van der Waals surface area contributed by atoms with Gasteiger partial charge in [-0.15, -0.1) is 0 Å². The molecule has 2 aliphatic heterocycles. The summed E-state index contributed by atoms with van der Waals surface area (Å²) in [7, 11) is 3.14. The standard InChI is InChI=1S/C21H31NO6/c1-20(2,3)28-19(23)22-14-10-21(24,11-15(22)13-27-12-14)17-9-7-6-8-16(17)18(25-4)26-5/h6-9,14-15,18,24H,10-13H2,1-5H3. The Bertz CT molecular complexity index is 682. The van der Waals surface area contributed by atoms with Gasteiger partial charge in [-0.05, 0) is 26.3 Å². The van der Waals surface area contributed by atoms with Crippen molar-refractivity contribution in [1.29, 1.82) is 0 Å². The topological polar surface area (TPSA) is 77.5 Å². The van der Waals surface area contributed by atoms with Crippen LogP contribution in [-0.4, -0.2) is 61.2 Å². The van der Waals surface area contributed by atoms with Crippen LogP contribution in [0.2, 0.25) is 0 Å². The van der Waals surface area contributed by atoms with Gasteiger partial charge >= 0.3 is 6.09 Å². The smallest absolute Gasteiger partial charge is 0.410 e. The Morgan fingerprint density at radius 1 is 1.18 bits per heavy atom. The number of hydrogen-bond acceptors (Lipinski definition) is 6. The summed E-state index contributed by atoms with van der Waals surface area (Å²) in [4.78, 5) is 14.5. The highest BCUT2D eigenvalue weighted by molar-refractivity contribution is 5.69. The maximum absolute atomic E-state index is 12.8. The van der Waals surface area contributed by atoms with Crippen LogP contribution in [0.25, 0.3) is 0 Å². The summed E-state index contributed by atoms with van der Waals surface area (Å²) < 4.78 is 22.1. The van der Waals surface area contributed by atoms with E-state index in [9.17, 15) is 9.90 Å². The molecule has 28 heavy (non-hydrogen) atoms. The maximum atomic E-state index is 12.8. The van der Waals surface area contributed by atoms with Crippen LogP contribution in [0.4, 0.5) is 4.79 Å². The highest BCUT2D eigenvalue weighted by atomic mass is 16.7. The normalized spacial score (nSPS) is 27.8. The van der Waals surface area contributed by atoms with Gasteiger partial charge in [0.2, 0.25) is 0 Å². The second kappa shape index (κ2) is 7.99. The Morgan fingerprint density at radius 2 is 1.75 bits per heavy atom. The third-order valence-electron chi connectivity index (χ3n) is 5.30. The van der Waals surface area contributed by atoms with Crippen molar-refractivity contribution < 1.29 is 28.8 Å². The molecule has 2 aliphatic rings. The van der Waals surface area contributed by atoms with E-state index >= 15 is 0 Å². The molecule has 7 nitrogen and oxygen atoms in total. The van der Waals surface area contributed by atoms with Gasteiger partial charge in [0, 0.05) is 32.6 Å². The number of aliphatic hydroxyl groups is 1. The van der Waals surface area contributed by atoms with Crippen molar-refractivity contribution in [2.24, 2.45) is 0 Å². The van der Waals surface area contributed by atoms with Crippen LogP contribution in [0, 0.1) is 0 Å². The number of nitrogens with zero attached hydrogens (tertiary/aromatic N) is 1. The molecule has 0 spiro atoms. The first-order valence-corrected chi connectivity index (χ1v) is 9.65. The fraction of sp³-hybridized carbons (Fsp3) is 0.667. The predicted octanol–water partition coefficient (Wildman–Crippen LogP) is 2.96. The van der Waals surface area contributed by atoms with Gasteiger partial charge in [-0.1, -0.05) is 24.3 Å². The van der Waals surface area contributed by atoms with E-state index in [1.54, 1.807) is 19.1 Å². The van der Waals surface area contributed by atoms with Crippen molar-refractivity contribution in [3.05, 3.63) is 35.4 Å². The summed E-state index contributed by atoms with van der Waals surface area (Å²) in [5, 5.41) is 11.7. The molecular weight excluding hydrogens is 362 g/mol. The molecule has 1 aromatic carbocycles. The Morgan fingerprint density at radius 3 is 2.29 bits per heavy atom. The van der Waals surface area contributed by atoms with Gasteiger partial charge in [-0.25, -0.2) is 4.79 Å². The van der Waals surface area contributed by atoms with Gasteiger partial charge in [0.15, 0.2) is 6.29 Å². The number of amides is 1. The van der Waals surface area contributed by atoms with Crippen molar-refractivity contribution in [3.63, 3.8) is 0 Å². The molecule has 2 atom stereocenters. The number of piperidine rings is 1. The minimum absolute atomic E-state index is 0.260. The lowest BCUT2D eigenvalue weighted by atomic mass is 9.75. The lowest BCUT2D eigenvalue weighted by Crippen LogP contribution is -2.63. The molecule has 2 fully saturated rings. The fourth-order valence-electron chi connectivity index (χ4n) is 4.29. The monoisotopic (exact) mass is 393 g/mol. The zero-order chi connectivity index (χ0) is 20.5. The van der Waals surface area contributed by atoms with Gasteiger partial charge in [0.1, 0.15) is 5.60 Å². The Balaban J connectivity index is 1.90. The minimum atomic E-state index is -1.11. The van der Waals surface area contributed by atoms with E-state index in [2.05, 4.69) is 0 Å². The second-order valence-electron chi connectivity index (χ2n) is 8.56. The first-order chi connectivity index (χ1) is 13.2. The van der Waals surface area contributed by atoms with Crippen LogP contribution in [0.1, 0.15) is 51.0 Å². The van der Waals surface area contributed by atoms with E-state index in [-0.39, 0.29) is 18.2 Å². The summed E-state index contributed by atoms with van der Waals surface area (Å²) in [6.45, 7) is 6.30. The lowest BCUT2D eigenvalue weighted by Gasteiger charge is -2.51. The highest BCUT2D eigenvalue weighted by Crippen LogP contribution is 2.44. The van der Waals surface area contributed by atoms with Crippen LogP contribution in [0.5, 0.6) is 0 Å². The van der Waals surface area contributed by atoms with Crippen LogP contribution in [0.15, 0.2) is 24.3 Å². The average molecular weight is 393 g/mol. The molecule has 1 amide bonds. The third-order valence-corrected chi connectivity index (χ3v) is 5.30. The van der Waals surface area contributed by atoms with Crippen molar-refractivity contribution in [2.75, 3.05) is 27.4 Å². The summed E-state index contributed by atoms with van der Waals surface area (Å²) in [5.74, 6) is 0. The quantitative estimate of drug-likeness (QED) is 0.793. The third kappa shape index (κ3) is 4.17. The average Bonchev–Trinajstić information content (AvgIpc) is 2.61. The number of hydrogen-bond donors (Lipinski definition) is 1. The van der Waals surface area contributed by atoms with Crippen molar-refractivity contribution in [3.8, 4) is 0 Å². The molecule has 0 aromatic heterocycles. The number of fused-ring (bicyclic) bond motifs is 2. The maximum Gasteiger partial charge on any atom is 0.410 e. The Labute approximate surface area is 166 Å². The molecule has 7 heteroatoms. The number of carbonyl (C=O) groups is 1. The molecule has 3 rings (SSSR count). The number of ether oxygens (including phenoxy) is 4. The molecule has 2 unspecified atom stereocenters. The van der Waals surface area contributed by atoms with Crippen molar-refractivity contribution in [2.45, 2.75) is 63.2 Å². The summed E-state index contributed by atoms with van der Waals surface area (Å²) in [6.07, 6.45) is -0.201. The lowest BCUT2D eigenvalue weighted by molar-refractivity contribution is -0.145. The van der Waals surface area contributed by atoms with Gasteiger partial charge in [0.05, 0.1) is 30.9 Å². The van der Waals surface area contributed by atoms with E-state index in [0.29, 0.717) is 26.1 Å². The van der Waals surface area contributed by atoms with Crippen LogP contribution in [0.3, 0.4) is 0 Å². The van der Waals surface area contributed by atoms with E-state index in [0.717, 1.165) is 11.1 Å². The Hall–Kier alpha value is -1.67. The van der Waals surface area contributed by atoms with Crippen molar-refractivity contribution >= 4 is 6.09 Å². The summed E-state index contributed by atoms with van der Waals surface area (Å²) in [6, 6.07) is 7.07. The van der Waals surface area contributed by atoms with E-state index in [4.69, 9.17) is 18.9 Å². The predicted molar refractivity (Wildman–Crippen MR) is 103 cm³/mol. The van der Waals surface area contributed by atoms with Gasteiger partial charge in [-0.3, -0.25) is 4.90 Å². The van der Waals surface area contributed by atoms with Gasteiger partial charge in [-0.2, -0.15) is 0 Å². The molecule has 1 N–H and O–H groups in total. The second-order valence-corrected chi connectivity index (χ2v) is 8.56. The van der Waals surface area contributed by atoms with Gasteiger partial charge in [0.25, 0.3) is 0 Å². The van der Waals surface area contributed by atoms with Crippen LogP contribution < -0.4 is 0 Å². The van der Waals surface area contributed by atoms with Crippen LogP contribution in [-0.2, 0) is 24.5 Å². The minimum Gasteiger partial charge on any atom is -0.444 e. The Kier molecular flexibility index (Phi) is 6.00. The molecule has 156 valence electrons. The number of methoxy groups -OCH3 is 2. The molecular formula is C21H31NO6. The highest BCUT2D eigenvalue weighted by Gasteiger charge is 2.50. The molecule has 2 bridgehead atoms. The summed E-state index contributed by atoms with van der Waals surface area (Å²) >= 11 is 0. The molecule has 2 saturated heterocycles. The van der Waals surface area contributed by atoms with E-state index < -0.39 is 17.5 Å². The largest absolute Gasteiger partial charge is 0.444 e. The molecule has 1 aromatic rings. The SMILES string of the molecule is COC(OC)c1ccccc1C1(O)CC2COCC(C1)N2C(=O)OC(C)(C)C. The first kappa shape index (κ1) is 21.0. The molecule has 2 heterocycles. The number of morpholine rings is 1. The molecule has 0 saturated carbocycles. The van der Waals surface area contributed by atoms with E-state index in [1.807, 2.05) is 45.0 Å². The first-order valence-electron chi connectivity index (χ1n) is 9.65.